The van der Waals surface area contributed by atoms with Crippen LogP contribution in [0.3, 0.4) is 0 Å². The largest absolute Gasteiger partial charge is 0.501 e. The van der Waals surface area contributed by atoms with Crippen molar-refractivity contribution in [2.75, 3.05) is 13.7 Å². The zero-order valence-corrected chi connectivity index (χ0v) is 24.8. The van der Waals surface area contributed by atoms with Gasteiger partial charge in [0.05, 0.1) is 38.0 Å². The molecule has 13 heteroatoms. The number of rotatable bonds is 8. The second-order valence-corrected chi connectivity index (χ2v) is 11.0. The quantitative estimate of drug-likeness (QED) is 0.161. The van der Waals surface area contributed by atoms with Gasteiger partial charge in [-0.05, 0) is 71.8 Å². The van der Waals surface area contributed by atoms with E-state index in [0.29, 0.717) is 45.2 Å². The van der Waals surface area contributed by atoms with Crippen LogP contribution in [0, 0.1) is 13.7 Å². The molecule has 10 nitrogen and oxygen atoms in total. The number of esters is 1. The standard InChI is InChI=1S/C26H23ClIN3O7S/c1-4-6-17-21(25(34)38-5-2)22(15-12-14(27)7-8-19(15)37-3)30-24(33)20(39-26(30)29-17)11-13-9-16(28)23(32)18(10-13)31(35)36/h7-12,22,32H,4-6H2,1-3H3/b20-11+/t22-/m1/s1. The second-order valence-electron chi connectivity index (χ2n) is 8.43. The van der Waals surface area contributed by atoms with E-state index in [4.69, 9.17) is 26.1 Å². The van der Waals surface area contributed by atoms with Crippen LogP contribution in [0.15, 0.2) is 51.4 Å². The average molecular weight is 684 g/mol. The van der Waals surface area contributed by atoms with Gasteiger partial charge in [-0.25, -0.2) is 9.79 Å². The highest BCUT2D eigenvalue weighted by Crippen LogP contribution is 2.38. The number of phenolic OH excluding ortho intramolecular Hbond substituents is 1. The van der Waals surface area contributed by atoms with Gasteiger partial charge in [0.2, 0.25) is 5.75 Å². The number of aromatic nitrogens is 1. The van der Waals surface area contributed by atoms with E-state index in [9.17, 15) is 24.8 Å². The van der Waals surface area contributed by atoms with Crippen LogP contribution in [0.4, 0.5) is 5.69 Å². The molecule has 2 aromatic carbocycles. The van der Waals surface area contributed by atoms with E-state index in [-0.39, 0.29) is 20.3 Å². The highest BCUT2D eigenvalue weighted by molar-refractivity contribution is 14.1. The van der Waals surface area contributed by atoms with Crippen LogP contribution in [0.2, 0.25) is 5.02 Å². The lowest BCUT2D eigenvalue weighted by Gasteiger charge is -2.27. The highest BCUT2D eigenvalue weighted by atomic mass is 127. The zero-order valence-electron chi connectivity index (χ0n) is 21.1. The lowest BCUT2D eigenvalue weighted by molar-refractivity contribution is -0.386. The molecule has 1 aliphatic rings. The van der Waals surface area contributed by atoms with Crippen LogP contribution >= 0.6 is 45.5 Å². The van der Waals surface area contributed by atoms with Crippen LogP contribution < -0.4 is 19.6 Å². The van der Waals surface area contributed by atoms with Crippen LogP contribution in [0.1, 0.15) is 43.9 Å². The lowest BCUT2D eigenvalue weighted by atomic mass is 9.93. The Bertz CT molecular complexity index is 1700. The topological polar surface area (TPSA) is 133 Å². The number of fused-ring (bicyclic) bond motifs is 1. The molecule has 1 N–H and O–H groups in total. The van der Waals surface area contributed by atoms with E-state index in [2.05, 4.69) is 0 Å². The average Bonchev–Trinajstić information content (AvgIpc) is 3.19. The minimum atomic E-state index is -0.938. The summed E-state index contributed by atoms with van der Waals surface area (Å²) in [5, 5.41) is 21.9. The first-order chi connectivity index (χ1) is 18.6. The summed E-state index contributed by atoms with van der Waals surface area (Å²) in [5.41, 5.74) is 0.605. The second kappa shape index (κ2) is 11.9. The summed E-state index contributed by atoms with van der Waals surface area (Å²) in [4.78, 5) is 43.0. The van der Waals surface area contributed by atoms with Crippen LogP contribution in [-0.2, 0) is 9.53 Å². The van der Waals surface area contributed by atoms with E-state index in [1.807, 2.05) is 6.92 Å². The first-order valence-corrected chi connectivity index (χ1v) is 14.1. The third kappa shape index (κ3) is 5.58. The molecule has 39 heavy (non-hydrogen) atoms. The number of nitro benzene ring substituents is 1. The third-order valence-corrected chi connectivity index (χ3v) is 7.98. The Morgan fingerprint density at radius 1 is 1.33 bits per heavy atom. The summed E-state index contributed by atoms with van der Waals surface area (Å²) in [6.45, 7) is 3.78. The number of nitro groups is 1. The van der Waals surface area contributed by atoms with Crippen LogP contribution in [-0.4, -0.2) is 34.3 Å². The predicted octanol–water partition coefficient (Wildman–Crippen LogP) is 4.46. The van der Waals surface area contributed by atoms with Crippen molar-refractivity contribution in [1.82, 2.24) is 4.57 Å². The van der Waals surface area contributed by atoms with Gasteiger partial charge < -0.3 is 14.6 Å². The van der Waals surface area contributed by atoms with E-state index in [1.54, 1.807) is 47.7 Å². The smallest absolute Gasteiger partial charge is 0.338 e. The molecule has 0 unspecified atom stereocenters. The fourth-order valence-electron chi connectivity index (χ4n) is 4.31. The molecule has 0 fully saturated rings. The molecule has 0 amide bonds. The van der Waals surface area contributed by atoms with Crippen molar-refractivity contribution in [2.45, 2.75) is 32.7 Å². The van der Waals surface area contributed by atoms with E-state index in [1.165, 1.54) is 29.9 Å². The molecule has 204 valence electrons. The number of nitrogens with zero attached hydrogens (tertiary/aromatic N) is 3. The first-order valence-electron chi connectivity index (χ1n) is 11.8. The third-order valence-electron chi connectivity index (χ3n) is 5.94. The Balaban J connectivity index is 2.06. The monoisotopic (exact) mass is 683 g/mol. The van der Waals surface area contributed by atoms with Gasteiger partial charge in [0.1, 0.15) is 11.8 Å². The number of aromatic hydroxyl groups is 1. The molecule has 1 aliphatic heterocycles. The Morgan fingerprint density at radius 2 is 2.08 bits per heavy atom. The van der Waals surface area contributed by atoms with Crippen LogP contribution in [0.25, 0.3) is 6.08 Å². The molecule has 3 aromatic rings. The van der Waals surface area contributed by atoms with Crippen molar-refractivity contribution in [3.05, 3.63) is 91.1 Å². The number of thiazole rings is 1. The number of hydrogen-bond donors (Lipinski definition) is 1. The maximum atomic E-state index is 13.9. The molecule has 2 heterocycles. The predicted molar refractivity (Wildman–Crippen MR) is 155 cm³/mol. The summed E-state index contributed by atoms with van der Waals surface area (Å²) < 4.78 is 12.9. The van der Waals surface area contributed by atoms with Gasteiger partial charge in [-0.2, -0.15) is 0 Å². The molecule has 0 spiro atoms. The van der Waals surface area contributed by atoms with Gasteiger partial charge in [-0.15, -0.1) is 0 Å². The summed E-state index contributed by atoms with van der Waals surface area (Å²) in [6.07, 6.45) is 2.64. The lowest BCUT2D eigenvalue weighted by Crippen LogP contribution is -2.40. The van der Waals surface area contributed by atoms with Gasteiger partial charge >= 0.3 is 11.7 Å². The number of hydrogen-bond acceptors (Lipinski definition) is 9. The number of methoxy groups -OCH3 is 1. The van der Waals surface area contributed by atoms with Gasteiger partial charge in [-0.1, -0.05) is 36.3 Å². The minimum absolute atomic E-state index is 0.129. The molecular weight excluding hydrogens is 661 g/mol. The van der Waals surface area contributed by atoms with Crippen molar-refractivity contribution < 1.29 is 24.3 Å². The molecule has 0 saturated carbocycles. The number of carbonyl (C=O) groups is 1. The number of phenols is 1. The fourth-order valence-corrected chi connectivity index (χ4v) is 6.15. The molecule has 4 rings (SSSR count). The SMILES string of the molecule is CCCC1=C(C(=O)OCC)[C@@H](c2cc(Cl)ccc2OC)n2c(s/c(=C/c3cc(I)c(O)c([N+](=O)[O-])c3)c2=O)=N1. The normalized spacial score (nSPS) is 15.1. The number of carbonyl (C=O) groups excluding carboxylic acids is 1. The Labute approximate surface area is 245 Å². The molecule has 0 radical (unpaired) electrons. The number of benzene rings is 2. The highest BCUT2D eigenvalue weighted by Gasteiger charge is 2.36. The van der Waals surface area contributed by atoms with E-state index in [0.717, 1.165) is 11.3 Å². The summed E-state index contributed by atoms with van der Waals surface area (Å²) in [6, 6.07) is 6.74. The van der Waals surface area contributed by atoms with Crippen molar-refractivity contribution in [3.8, 4) is 11.5 Å². The molecule has 1 atom stereocenters. The Kier molecular flexibility index (Phi) is 8.76. The summed E-state index contributed by atoms with van der Waals surface area (Å²) in [5.74, 6) is -0.632. The molecule has 1 aromatic heterocycles. The first kappa shape index (κ1) is 28.8. The van der Waals surface area contributed by atoms with Crippen molar-refractivity contribution >= 4 is 63.3 Å². The van der Waals surface area contributed by atoms with Crippen LogP contribution in [0.5, 0.6) is 11.5 Å². The summed E-state index contributed by atoms with van der Waals surface area (Å²) in [7, 11) is 1.48. The number of halogens is 2. The minimum Gasteiger partial charge on any atom is -0.501 e. The molecule has 0 aliphatic carbocycles. The fraction of sp³-hybridized carbons (Fsp3) is 0.269. The van der Waals surface area contributed by atoms with Gasteiger partial charge in [0, 0.05) is 16.7 Å². The molecular formula is C26H23ClIN3O7S. The number of ether oxygens (including phenoxy) is 2. The van der Waals surface area contributed by atoms with Crippen molar-refractivity contribution in [1.29, 1.82) is 0 Å². The Morgan fingerprint density at radius 3 is 2.72 bits per heavy atom. The maximum absolute atomic E-state index is 13.9. The molecule has 0 saturated heterocycles. The van der Waals surface area contributed by atoms with Crippen molar-refractivity contribution in [3.63, 3.8) is 0 Å². The molecule has 0 bridgehead atoms. The van der Waals surface area contributed by atoms with Gasteiger partial charge in [-0.3, -0.25) is 19.5 Å². The van der Waals surface area contributed by atoms with Gasteiger partial charge in [0.25, 0.3) is 5.56 Å². The zero-order chi connectivity index (χ0) is 28.4. The van der Waals surface area contributed by atoms with Gasteiger partial charge in [0.15, 0.2) is 4.80 Å². The van der Waals surface area contributed by atoms with E-state index >= 15 is 0 Å². The summed E-state index contributed by atoms with van der Waals surface area (Å²) >= 11 is 9.23. The Hall–Kier alpha value is -3.23. The van der Waals surface area contributed by atoms with E-state index < -0.39 is 33.9 Å². The number of allylic oxidation sites excluding steroid dienone is 1. The maximum Gasteiger partial charge on any atom is 0.338 e. The van der Waals surface area contributed by atoms with Crippen molar-refractivity contribution in [2.24, 2.45) is 4.99 Å².